The Balaban J connectivity index is 1.86. The highest BCUT2D eigenvalue weighted by molar-refractivity contribution is 9.10. The predicted octanol–water partition coefficient (Wildman–Crippen LogP) is 3.73. The number of benzene rings is 2. The normalized spacial score (nSPS) is 12.1. The summed E-state index contributed by atoms with van der Waals surface area (Å²) in [5.41, 5.74) is 2.41. The van der Waals surface area contributed by atoms with Crippen LogP contribution in [0.15, 0.2) is 68.9 Å². The van der Waals surface area contributed by atoms with Gasteiger partial charge in [-0.2, -0.15) is 5.26 Å². The molecule has 0 spiro atoms. The van der Waals surface area contributed by atoms with Crippen LogP contribution >= 0.6 is 15.9 Å². The van der Waals surface area contributed by atoms with Gasteiger partial charge in [0.25, 0.3) is 5.91 Å². The van der Waals surface area contributed by atoms with Crippen LogP contribution in [0.4, 0.5) is 0 Å². The Morgan fingerprint density at radius 3 is 2.30 bits per heavy atom. The molecular formula is C24H22BrN3O4S. The van der Waals surface area contributed by atoms with Crippen LogP contribution in [-0.2, 0) is 16.4 Å². The number of halogens is 1. The molecule has 1 N–H and O–H groups in total. The molecule has 0 radical (unpaired) electrons. The Morgan fingerprint density at radius 1 is 1.15 bits per heavy atom. The molecule has 0 saturated heterocycles. The number of nitrogens with one attached hydrogen (secondary N) is 1. The van der Waals surface area contributed by atoms with Crippen molar-refractivity contribution in [3.8, 4) is 6.07 Å². The average molecular weight is 528 g/mol. The Labute approximate surface area is 200 Å². The zero-order valence-corrected chi connectivity index (χ0v) is 20.7. The lowest BCUT2D eigenvalue weighted by atomic mass is 10.1. The van der Waals surface area contributed by atoms with Crippen LogP contribution < -0.4 is 10.7 Å². The quantitative estimate of drug-likeness (QED) is 0.525. The van der Waals surface area contributed by atoms with E-state index in [2.05, 4.69) is 27.3 Å². The molecule has 0 saturated carbocycles. The van der Waals surface area contributed by atoms with Crippen molar-refractivity contribution in [1.82, 2.24) is 9.88 Å². The number of nitriles is 1. The van der Waals surface area contributed by atoms with Crippen molar-refractivity contribution in [2.24, 2.45) is 0 Å². The van der Waals surface area contributed by atoms with Gasteiger partial charge >= 0.3 is 0 Å². The zero-order valence-electron chi connectivity index (χ0n) is 18.3. The van der Waals surface area contributed by atoms with Gasteiger partial charge in [-0.05, 0) is 65.2 Å². The molecule has 3 rings (SSSR count). The first-order valence-electron chi connectivity index (χ1n) is 10.0. The molecule has 33 heavy (non-hydrogen) atoms. The number of carbonyl (C=O) groups excluding carboxylic acids is 1. The average Bonchev–Trinajstić information content (AvgIpc) is 2.80. The topological polar surface area (TPSA) is 109 Å². The van der Waals surface area contributed by atoms with E-state index >= 15 is 0 Å². The Bertz CT molecular complexity index is 1400. The van der Waals surface area contributed by atoms with E-state index in [-0.39, 0.29) is 23.0 Å². The first-order valence-corrected chi connectivity index (χ1v) is 12.7. The fourth-order valence-electron chi connectivity index (χ4n) is 3.38. The lowest BCUT2D eigenvalue weighted by Crippen LogP contribution is -2.31. The van der Waals surface area contributed by atoms with Gasteiger partial charge in [0.15, 0.2) is 9.84 Å². The van der Waals surface area contributed by atoms with E-state index in [0.29, 0.717) is 21.3 Å². The molecular weight excluding hydrogens is 506 g/mol. The van der Waals surface area contributed by atoms with Gasteiger partial charge in [-0.1, -0.05) is 24.3 Å². The molecule has 1 atom stereocenters. The second-order valence-corrected chi connectivity index (χ2v) is 10.5. The highest BCUT2D eigenvalue weighted by Crippen LogP contribution is 2.23. The summed E-state index contributed by atoms with van der Waals surface area (Å²) in [6.07, 6.45) is 2.66. The molecule has 9 heteroatoms. The Morgan fingerprint density at radius 2 is 1.76 bits per heavy atom. The first kappa shape index (κ1) is 24.4. The lowest BCUT2D eigenvalue weighted by molar-refractivity contribution is 0.0948. The highest BCUT2D eigenvalue weighted by atomic mass is 79.9. The molecule has 0 fully saturated rings. The molecule has 3 aromatic rings. The lowest BCUT2D eigenvalue weighted by Gasteiger charge is -2.21. The van der Waals surface area contributed by atoms with Crippen molar-refractivity contribution in [2.75, 3.05) is 6.26 Å². The molecule has 1 aromatic heterocycles. The van der Waals surface area contributed by atoms with Gasteiger partial charge < -0.3 is 9.88 Å². The second-order valence-electron chi connectivity index (χ2n) is 7.69. The smallest absolute Gasteiger partial charge is 0.257 e. The van der Waals surface area contributed by atoms with Gasteiger partial charge in [0.1, 0.15) is 5.56 Å². The molecule has 1 amide bonds. The summed E-state index contributed by atoms with van der Waals surface area (Å²) < 4.78 is 25.3. The van der Waals surface area contributed by atoms with Crippen molar-refractivity contribution in [1.29, 1.82) is 5.26 Å². The van der Waals surface area contributed by atoms with E-state index in [1.807, 2.05) is 23.6 Å². The molecule has 0 bridgehead atoms. The summed E-state index contributed by atoms with van der Waals surface area (Å²) in [6, 6.07) is 15.2. The molecule has 0 aliphatic rings. The van der Waals surface area contributed by atoms with E-state index in [1.54, 1.807) is 31.2 Å². The number of amides is 1. The summed E-state index contributed by atoms with van der Waals surface area (Å²) >= 11 is 3.32. The predicted molar refractivity (Wildman–Crippen MR) is 129 cm³/mol. The first-order chi connectivity index (χ1) is 15.5. The number of nitrogens with zero attached hydrogens (tertiary/aromatic N) is 2. The molecule has 170 valence electrons. The third-order valence-electron chi connectivity index (χ3n) is 5.41. The van der Waals surface area contributed by atoms with E-state index in [0.717, 1.165) is 11.8 Å². The van der Waals surface area contributed by atoms with Gasteiger partial charge in [0.05, 0.1) is 27.0 Å². The molecule has 1 heterocycles. The van der Waals surface area contributed by atoms with Crippen LogP contribution in [0.2, 0.25) is 0 Å². The Kier molecular flexibility index (Phi) is 7.20. The van der Waals surface area contributed by atoms with Crippen molar-refractivity contribution in [2.45, 2.75) is 31.3 Å². The standard InChI is InChI=1S/C24H22BrN3O4S/c1-15(19-8-4-17(12-26)5-9-19)28-14-21(23(29)22(25)16(28)2)24(30)27-13-18-6-10-20(11-7-18)33(3,31)32/h4-11,14-15H,13H2,1-3H3,(H,27,30). The molecule has 1 unspecified atom stereocenters. The number of hydrogen-bond acceptors (Lipinski definition) is 5. The summed E-state index contributed by atoms with van der Waals surface area (Å²) in [7, 11) is -3.30. The molecule has 2 aromatic carbocycles. The van der Waals surface area contributed by atoms with Crippen LogP contribution in [0.5, 0.6) is 0 Å². The number of sulfone groups is 1. The van der Waals surface area contributed by atoms with Gasteiger partial charge in [0.2, 0.25) is 5.43 Å². The SMILES string of the molecule is Cc1c(Br)c(=O)c(C(=O)NCc2ccc(S(C)(=O)=O)cc2)cn1C(C)c1ccc(C#N)cc1. The van der Waals surface area contributed by atoms with Gasteiger partial charge in [-0.15, -0.1) is 0 Å². The maximum Gasteiger partial charge on any atom is 0.257 e. The Hall–Kier alpha value is -3.22. The fourth-order valence-corrected chi connectivity index (χ4v) is 4.43. The minimum Gasteiger partial charge on any atom is -0.348 e. The van der Waals surface area contributed by atoms with E-state index < -0.39 is 21.2 Å². The minimum absolute atomic E-state index is 0.0132. The maximum atomic E-state index is 12.8. The van der Waals surface area contributed by atoms with E-state index in [9.17, 15) is 18.0 Å². The fraction of sp³-hybridized carbons (Fsp3) is 0.208. The van der Waals surface area contributed by atoms with Crippen molar-refractivity contribution < 1.29 is 13.2 Å². The zero-order chi connectivity index (χ0) is 24.3. The monoisotopic (exact) mass is 527 g/mol. The van der Waals surface area contributed by atoms with Crippen LogP contribution in [0, 0.1) is 18.3 Å². The minimum atomic E-state index is -3.30. The summed E-state index contributed by atoms with van der Waals surface area (Å²) in [4.78, 5) is 25.8. The third kappa shape index (κ3) is 5.41. The summed E-state index contributed by atoms with van der Waals surface area (Å²) in [5.74, 6) is -0.534. The van der Waals surface area contributed by atoms with Crippen molar-refractivity contribution in [3.63, 3.8) is 0 Å². The van der Waals surface area contributed by atoms with Crippen LogP contribution in [0.25, 0.3) is 0 Å². The second kappa shape index (κ2) is 9.73. The molecule has 0 aliphatic heterocycles. The van der Waals surface area contributed by atoms with Gasteiger partial charge in [0, 0.05) is 24.7 Å². The van der Waals surface area contributed by atoms with E-state index in [4.69, 9.17) is 5.26 Å². The number of aromatic nitrogens is 1. The van der Waals surface area contributed by atoms with Crippen molar-refractivity contribution >= 4 is 31.7 Å². The third-order valence-corrected chi connectivity index (χ3v) is 7.47. The summed E-state index contributed by atoms with van der Waals surface area (Å²) in [6.45, 7) is 3.87. The number of hydrogen-bond donors (Lipinski definition) is 1. The van der Waals surface area contributed by atoms with Gasteiger partial charge in [-0.3, -0.25) is 9.59 Å². The van der Waals surface area contributed by atoms with Crippen LogP contribution in [0.3, 0.4) is 0 Å². The number of pyridine rings is 1. The maximum absolute atomic E-state index is 12.8. The number of rotatable bonds is 6. The van der Waals surface area contributed by atoms with Crippen molar-refractivity contribution in [3.05, 3.63) is 97.4 Å². The summed E-state index contributed by atoms with van der Waals surface area (Å²) in [5, 5.41) is 11.7. The molecule has 7 nitrogen and oxygen atoms in total. The number of carbonyl (C=O) groups is 1. The van der Waals surface area contributed by atoms with Gasteiger partial charge in [-0.25, -0.2) is 8.42 Å². The van der Waals surface area contributed by atoms with Crippen LogP contribution in [-0.4, -0.2) is 25.1 Å². The highest BCUT2D eigenvalue weighted by Gasteiger charge is 2.20. The largest absolute Gasteiger partial charge is 0.348 e. The van der Waals surface area contributed by atoms with Crippen LogP contribution in [0.1, 0.15) is 45.7 Å². The molecule has 0 aliphatic carbocycles. The van der Waals surface area contributed by atoms with E-state index in [1.165, 1.54) is 18.3 Å².